The molecule has 2 rings (SSSR count). The number of unbranched alkanes of at least 4 members (excludes halogenated alkanes) is 3. The molecule has 1 aliphatic heterocycles. The second-order valence-corrected chi connectivity index (χ2v) is 8.77. The Balaban J connectivity index is 1.74. The molecular weight excluding hydrogens is 380 g/mol. The lowest BCUT2D eigenvalue weighted by molar-refractivity contribution is -0.170. The zero-order chi connectivity index (χ0) is 21.8. The van der Waals surface area contributed by atoms with Crippen LogP contribution < -0.4 is 0 Å². The molecule has 0 unspecified atom stereocenters. The molecular formula is C25H40O5. The summed E-state index contributed by atoms with van der Waals surface area (Å²) in [5, 5.41) is 0. The largest absolute Gasteiger partial charge is 0.463 e. The summed E-state index contributed by atoms with van der Waals surface area (Å²) < 4.78 is 17.1. The van der Waals surface area contributed by atoms with Crippen molar-refractivity contribution in [1.82, 2.24) is 0 Å². The minimum Gasteiger partial charge on any atom is -0.463 e. The van der Waals surface area contributed by atoms with Gasteiger partial charge in [0.25, 0.3) is 0 Å². The standard InChI is InChI=1S/C25H40O5/c1-4-5-10-16-25(28-18-19-29-25)17-15-21-13-14-23(26)22(21)11-8-6-7-9-12-24(27)30-20(2)3/h6,8,13-14,20-22H,4-5,7,9-12,15-19H2,1-3H3/b8-6-/t21-,22-/m1/s1. The van der Waals surface area contributed by atoms with E-state index < -0.39 is 5.79 Å². The number of carbonyl (C=O) groups excluding carboxylic acids is 2. The first-order chi connectivity index (χ1) is 14.5. The maximum atomic E-state index is 12.3. The van der Waals surface area contributed by atoms with Gasteiger partial charge in [0.05, 0.1) is 19.3 Å². The van der Waals surface area contributed by atoms with E-state index in [9.17, 15) is 9.59 Å². The van der Waals surface area contributed by atoms with Gasteiger partial charge in [-0.1, -0.05) is 38.0 Å². The van der Waals surface area contributed by atoms with Crippen molar-refractivity contribution in [3.05, 3.63) is 24.3 Å². The topological polar surface area (TPSA) is 61.8 Å². The molecule has 1 aliphatic carbocycles. The average Bonchev–Trinajstić information content (AvgIpc) is 3.30. The lowest BCUT2D eigenvalue weighted by Crippen LogP contribution is -2.31. The Morgan fingerprint density at radius 3 is 2.67 bits per heavy atom. The van der Waals surface area contributed by atoms with Crippen molar-refractivity contribution >= 4 is 11.8 Å². The van der Waals surface area contributed by atoms with Crippen LogP contribution in [0.25, 0.3) is 0 Å². The minimum atomic E-state index is -0.445. The number of esters is 1. The molecule has 1 saturated heterocycles. The van der Waals surface area contributed by atoms with Crippen LogP contribution in [0.4, 0.5) is 0 Å². The minimum absolute atomic E-state index is 0.0150. The van der Waals surface area contributed by atoms with Gasteiger partial charge in [-0.3, -0.25) is 9.59 Å². The molecule has 5 nitrogen and oxygen atoms in total. The zero-order valence-electron chi connectivity index (χ0n) is 19.1. The Labute approximate surface area is 182 Å². The number of ether oxygens (including phenoxy) is 3. The summed E-state index contributed by atoms with van der Waals surface area (Å²) in [6, 6.07) is 0. The van der Waals surface area contributed by atoms with Gasteiger partial charge in [0.2, 0.25) is 0 Å². The third kappa shape index (κ3) is 8.35. The van der Waals surface area contributed by atoms with Crippen molar-refractivity contribution in [3.8, 4) is 0 Å². The molecule has 0 aromatic carbocycles. The molecule has 0 amide bonds. The van der Waals surface area contributed by atoms with Crippen molar-refractivity contribution in [2.75, 3.05) is 13.2 Å². The first-order valence-corrected chi connectivity index (χ1v) is 11.8. The highest BCUT2D eigenvalue weighted by molar-refractivity contribution is 5.94. The van der Waals surface area contributed by atoms with Crippen molar-refractivity contribution in [3.63, 3.8) is 0 Å². The molecule has 0 aromatic rings. The van der Waals surface area contributed by atoms with Crippen LogP contribution in [0.1, 0.15) is 85.0 Å². The molecule has 1 fully saturated rings. The van der Waals surface area contributed by atoms with E-state index in [4.69, 9.17) is 14.2 Å². The van der Waals surface area contributed by atoms with Crippen molar-refractivity contribution in [1.29, 1.82) is 0 Å². The molecule has 1 heterocycles. The maximum absolute atomic E-state index is 12.3. The highest BCUT2D eigenvalue weighted by Crippen LogP contribution is 2.36. The maximum Gasteiger partial charge on any atom is 0.306 e. The molecule has 0 radical (unpaired) electrons. The van der Waals surface area contributed by atoms with Crippen LogP contribution in [-0.4, -0.2) is 36.9 Å². The van der Waals surface area contributed by atoms with Crippen LogP contribution in [0.2, 0.25) is 0 Å². The Hall–Kier alpha value is -1.46. The predicted molar refractivity (Wildman–Crippen MR) is 118 cm³/mol. The Kier molecular flexibility index (Phi) is 10.8. The second kappa shape index (κ2) is 13.1. The first-order valence-electron chi connectivity index (χ1n) is 11.8. The van der Waals surface area contributed by atoms with Crippen LogP contribution in [0, 0.1) is 11.8 Å². The van der Waals surface area contributed by atoms with Crippen LogP contribution in [0.3, 0.4) is 0 Å². The van der Waals surface area contributed by atoms with Gasteiger partial charge in [-0.15, -0.1) is 0 Å². The quantitative estimate of drug-likeness (QED) is 0.210. The summed E-state index contributed by atoms with van der Waals surface area (Å²) in [5.41, 5.74) is 0. The number of rotatable bonds is 14. The van der Waals surface area contributed by atoms with Gasteiger partial charge in [-0.2, -0.15) is 0 Å². The summed E-state index contributed by atoms with van der Waals surface area (Å²) in [5.74, 6) is -0.101. The molecule has 0 aromatic heterocycles. The van der Waals surface area contributed by atoms with E-state index in [-0.39, 0.29) is 29.7 Å². The monoisotopic (exact) mass is 420 g/mol. The van der Waals surface area contributed by atoms with E-state index in [1.807, 2.05) is 13.8 Å². The summed E-state index contributed by atoms with van der Waals surface area (Å²) in [6.45, 7) is 7.26. The van der Waals surface area contributed by atoms with Crippen molar-refractivity contribution in [2.24, 2.45) is 11.8 Å². The Morgan fingerprint density at radius 1 is 1.20 bits per heavy atom. The molecule has 0 spiro atoms. The van der Waals surface area contributed by atoms with E-state index in [0.717, 1.165) is 44.9 Å². The third-order valence-corrected chi connectivity index (χ3v) is 5.90. The van der Waals surface area contributed by atoms with Gasteiger partial charge in [0.15, 0.2) is 11.6 Å². The van der Waals surface area contributed by atoms with Crippen molar-refractivity contribution < 1.29 is 23.8 Å². The Bertz CT molecular complexity index is 586. The van der Waals surface area contributed by atoms with Crippen LogP contribution in [0.5, 0.6) is 0 Å². The fourth-order valence-corrected chi connectivity index (χ4v) is 4.26. The van der Waals surface area contributed by atoms with Crippen molar-refractivity contribution in [2.45, 2.75) is 96.9 Å². The SMILES string of the molecule is CCCCCC1(CC[C@H]2C=CC(=O)[C@@H]2C/C=C\CCCC(=O)OC(C)C)OCCO1. The molecule has 2 atom stereocenters. The van der Waals surface area contributed by atoms with Gasteiger partial charge < -0.3 is 14.2 Å². The molecule has 0 saturated carbocycles. The average molecular weight is 421 g/mol. The number of hydrogen-bond donors (Lipinski definition) is 0. The highest BCUT2D eigenvalue weighted by atomic mass is 16.7. The number of allylic oxidation sites excluding steroid dienone is 4. The molecule has 30 heavy (non-hydrogen) atoms. The molecule has 2 aliphatic rings. The van der Waals surface area contributed by atoms with E-state index >= 15 is 0 Å². The second-order valence-electron chi connectivity index (χ2n) is 8.77. The lowest BCUT2D eigenvalue weighted by atomic mass is 9.86. The van der Waals surface area contributed by atoms with E-state index in [2.05, 4.69) is 25.2 Å². The van der Waals surface area contributed by atoms with Crippen LogP contribution in [0.15, 0.2) is 24.3 Å². The van der Waals surface area contributed by atoms with Crippen LogP contribution in [-0.2, 0) is 23.8 Å². The number of carbonyl (C=O) groups is 2. The van der Waals surface area contributed by atoms with E-state index in [0.29, 0.717) is 19.6 Å². The normalized spacial score (nSPS) is 23.1. The molecule has 0 N–H and O–H groups in total. The summed E-state index contributed by atoms with van der Waals surface area (Å²) in [7, 11) is 0. The van der Waals surface area contributed by atoms with Gasteiger partial charge in [-0.05, 0) is 57.9 Å². The third-order valence-electron chi connectivity index (χ3n) is 5.90. The van der Waals surface area contributed by atoms with Gasteiger partial charge >= 0.3 is 5.97 Å². The van der Waals surface area contributed by atoms with E-state index in [1.54, 1.807) is 6.08 Å². The molecule has 0 bridgehead atoms. The van der Waals surface area contributed by atoms with Crippen LogP contribution >= 0.6 is 0 Å². The number of ketones is 1. The fourth-order valence-electron chi connectivity index (χ4n) is 4.26. The summed E-state index contributed by atoms with van der Waals surface area (Å²) in [6.07, 6.45) is 16.9. The predicted octanol–water partition coefficient (Wildman–Crippen LogP) is 5.53. The van der Waals surface area contributed by atoms with Gasteiger partial charge in [0, 0.05) is 25.2 Å². The molecule has 170 valence electrons. The summed E-state index contributed by atoms with van der Waals surface area (Å²) >= 11 is 0. The molecule has 5 heteroatoms. The summed E-state index contributed by atoms with van der Waals surface area (Å²) in [4.78, 5) is 23.9. The highest BCUT2D eigenvalue weighted by Gasteiger charge is 2.38. The number of hydrogen-bond acceptors (Lipinski definition) is 5. The van der Waals surface area contributed by atoms with Gasteiger partial charge in [-0.25, -0.2) is 0 Å². The van der Waals surface area contributed by atoms with Gasteiger partial charge in [0.1, 0.15) is 0 Å². The lowest BCUT2D eigenvalue weighted by Gasteiger charge is -2.29. The first kappa shape index (κ1) is 24.8. The zero-order valence-corrected chi connectivity index (χ0v) is 19.1. The van der Waals surface area contributed by atoms with E-state index in [1.165, 1.54) is 12.8 Å². The Morgan fingerprint density at radius 2 is 1.97 bits per heavy atom. The smallest absolute Gasteiger partial charge is 0.306 e. The fraction of sp³-hybridized carbons (Fsp3) is 0.760.